The number of methoxy groups -OCH3 is 1. The van der Waals surface area contributed by atoms with Crippen LogP contribution in [-0.2, 0) is 10.0 Å². The van der Waals surface area contributed by atoms with Crippen LogP contribution >= 0.6 is 0 Å². The summed E-state index contributed by atoms with van der Waals surface area (Å²) in [6.45, 7) is 0. The van der Waals surface area contributed by atoms with Crippen LogP contribution < -0.4 is 9.46 Å². The van der Waals surface area contributed by atoms with E-state index < -0.39 is 10.0 Å². The standard InChI is InChI=1S/C8H11N3O3S/c1-14-8-9-4-6(5-10-8)11-15(12,13)7-2-3-7/h4-5,7,11H,2-3H2,1H3. The highest BCUT2D eigenvalue weighted by atomic mass is 32.2. The third-order valence-corrected chi connectivity index (χ3v) is 3.90. The molecule has 1 heterocycles. The maximum Gasteiger partial charge on any atom is 0.316 e. The monoisotopic (exact) mass is 229 g/mol. The van der Waals surface area contributed by atoms with Gasteiger partial charge in [0, 0.05) is 0 Å². The van der Waals surface area contributed by atoms with Gasteiger partial charge < -0.3 is 4.74 Å². The van der Waals surface area contributed by atoms with Gasteiger partial charge in [0.1, 0.15) is 0 Å². The normalized spacial score (nSPS) is 16.1. The van der Waals surface area contributed by atoms with E-state index in [1.807, 2.05) is 0 Å². The van der Waals surface area contributed by atoms with Crippen LogP contribution in [0, 0.1) is 0 Å². The number of hydrogen-bond donors (Lipinski definition) is 1. The van der Waals surface area contributed by atoms with Gasteiger partial charge in [-0.1, -0.05) is 0 Å². The molecule has 1 saturated carbocycles. The Balaban J connectivity index is 2.10. The molecule has 0 spiro atoms. The number of hydrogen-bond acceptors (Lipinski definition) is 5. The lowest BCUT2D eigenvalue weighted by Crippen LogP contribution is -2.17. The first-order valence-corrected chi connectivity index (χ1v) is 6.04. The first-order valence-electron chi connectivity index (χ1n) is 4.49. The van der Waals surface area contributed by atoms with Gasteiger partial charge >= 0.3 is 6.01 Å². The minimum absolute atomic E-state index is 0.212. The molecular formula is C8H11N3O3S. The first kappa shape index (κ1) is 10.2. The molecule has 0 aliphatic heterocycles. The fourth-order valence-electron chi connectivity index (χ4n) is 1.10. The molecule has 1 N–H and O–H groups in total. The molecule has 7 heteroatoms. The van der Waals surface area contributed by atoms with Crippen molar-refractivity contribution in [3.8, 4) is 6.01 Å². The number of nitrogens with one attached hydrogen (secondary N) is 1. The van der Waals surface area contributed by atoms with Crippen molar-refractivity contribution in [2.45, 2.75) is 18.1 Å². The molecule has 0 atom stereocenters. The lowest BCUT2D eigenvalue weighted by atomic mass is 10.6. The largest absolute Gasteiger partial charge is 0.467 e. The summed E-state index contributed by atoms with van der Waals surface area (Å²) in [5, 5.41) is -0.250. The van der Waals surface area contributed by atoms with Gasteiger partial charge in [0.25, 0.3) is 0 Å². The summed E-state index contributed by atoms with van der Waals surface area (Å²) in [6, 6.07) is 0.212. The quantitative estimate of drug-likeness (QED) is 0.807. The fraction of sp³-hybridized carbons (Fsp3) is 0.500. The lowest BCUT2D eigenvalue weighted by molar-refractivity contribution is 0.380. The van der Waals surface area contributed by atoms with Crippen molar-refractivity contribution in [2.24, 2.45) is 0 Å². The Morgan fingerprint density at radius 2 is 2.00 bits per heavy atom. The molecule has 1 fully saturated rings. The zero-order valence-electron chi connectivity index (χ0n) is 8.17. The van der Waals surface area contributed by atoms with Crippen LogP contribution in [0.25, 0.3) is 0 Å². The maximum absolute atomic E-state index is 11.5. The van der Waals surface area contributed by atoms with Crippen molar-refractivity contribution in [1.29, 1.82) is 0 Å². The van der Waals surface area contributed by atoms with Crippen molar-refractivity contribution < 1.29 is 13.2 Å². The average Bonchev–Trinajstić information content (AvgIpc) is 3.01. The van der Waals surface area contributed by atoms with Crippen LogP contribution in [0.15, 0.2) is 12.4 Å². The number of rotatable bonds is 4. The molecule has 15 heavy (non-hydrogen) atoms. The summed E-state index contributed by atoms with van der Waals surface area (Å²) in [6.07, 6.45) is 4.22. The van der Waals surface area contributed by atoms with Gasteiger partial charge in [-0.2, -0.15) is 0 Å². The Labute approximate surface area is 87.7 Å². The summed E-state index contributed by atoms with van der Waals surface area (Å²) in [7, 11) is -1.78. The van der Waals surface area contributed by atoms with Crippen molar-refractivity contribution in [3.05, 3.63) is 12.4 Å². The molecule has 0 radical (unpaired) electrons. The zero-order chi connectivity index (χ0) is 10.9. The SMILES string of the molecule is COc1ncc(NS(=O)(=O)C2CC2)cn1. The van der Waals surface area contributed by atoms with Gasteiger partial charge in [0.2, 0.25) is 10.0 Å². The molecule has 6 nitrogen and oxygen atoms in total. The maximum atomic E-state index is 11.5. The topological polar surface area (TPSA) is 81.2 Å². The Bertz CT molecular complexity index is 439. The van der Waals surface area contributed by atoms with Crippen LogP contribution in [0.2, 0.25) is 0 Å². The number of anilines is 1. The van der Waals surface area contributed by atoms with Crippen molar-refractivity contribution in [3.63, 3.8) is 0 Å². The van der Waals surface area contributed by atoms with E-state index in [2.05, 4.69) is 14.7 Å². The van der Waals surface area contributed by atoms with Gasteiger partial charge in [0.15, 0.2) is 0 Å². The molecule has 0 saturated heterocycles. The highest BCUT2D eigenvalue weighted by Crippen LogP contribution is 2.29. The molecule has 0 bridgehead atoms. The molecule has 1 aromatic rings. The van der Waals surface area contributed by atoms with E-state index in [0.29, 0.717) is 5.69 Å². The molecule has 0 amide bonds. The van der Waals surface area contributed by atoms with Crippen LogP contribution in [-0.4, -0.2) is 30.7 Å². The Morgan fingerprint density at radius 1 is 1.40 bits per heavy atom. The first-order chi connectivity index (χ1) is 7.12. The fourth-order valence-corrected chi connectivity index (χ4v) is 2.46. The Kier molecular flexibility index (Phi) is 2.47. The van der Waals surface area contributed by atoms with Crippen LogP contribution in [0.3, 0.4) is 0 Å². The minimum atomic E-state index is -3.23. The van der Waals surface area contributed by atoms with Gasteiger partial charge in [-0.3, -0.25) is 4.72 Å². The molecule has 1 aliphatic carbocycles. The summed E-state index contributed by atoms with van der Waals surface area (Å²) in [4.78, 5) is 7.60. The summed E-state index contributed by atoms with van der Waals surface area (Å²) in [5.74, 6) is 0. The van der Waals surface area contributed by atoms with Gasteiger partial charge in [-0.05, 0) is 12.8 Å². The Hall–Kier alpha value is -1.37. The molecule has 82 valence electrons. The predicted octanol–water partition coefficient (Wildman–Crippen LogP) is 0.389. The van der Waals surface area contributed by atoms with Crippen LogP contribution in [0.1, 0.15) is 12.8 Å². The second kappa shape index (κ2) is 3.65. The van der Waals surface area contributed by atoms with Crippen LogP contribution in [0.5, 0.6) is 6.01 Å². The molecule has 1 aliphatic rings. The predicted molar refractivity (Wildman–Crippen MR) is 54.1 cm³/mol. The van der Waals surface area contributed by atoms with Crippen molar-refractivity contribution in [1.82, 2.24) is 9.97 Å². The van der Waals surface area contributed by atoms with E-state index in [9.17, 15) is 8.42 Å². The summed E-state index contributed by atoms with van der Waals surface area (Å²) in [5.41, 5.74) is 0.364. The van der Waals surface area contributed by atoms with Crippen molar-refractivity contribution >= 4 is 15.7 Å². The van der Waals surface area contributed by atoms with E-state index in [4.69, 9.17) is 4.74 Å². The number of sulfonamides is 1. The van der Waals surface area contributed by atoms with Gasteiger partial charge in [-0.25, -0.2) is 18.4 Å². The second-order valence-corrected chi connectivity index (χ2v) is 5.27. The van der Waals surface area contributed by atoms with Crippen molar-refractivity contribution in [2.75, 3.05) is 11.8 Å². The van der Waals surface area contributed by atoms with E-state index in [-0.39, 0.29) is 11.3 Å². The summed E-state index contributed by atoms with van der Waals surface area (Å²) >= 11 is 0. The third kappa shape index (κ3) is 2.35. The Morgan fingerprint density at radius 3 is 2.47 bits per heavy atom. The summed E-state index contributed by atoms with van der Waals surface area (Å²) < 4.78 is 30.2. The molecule has 0 aromatic carbocycles. The van der Waals surface area contributed by atoms with E-state index in [0.717, 1.165) is 12.8 Å². The minimum Gasteiger partial charge on any atom is -0.467 e. The number of ether oxygens (including phenoxy) is 1. The highest BCUT2D eigenvalue weighted by Gasteiger charge is 2.35. The number of aromatic nitrogens is 2. The molecule has 2 rings (SSSR count). The van der Waals surface area contributed by atoms with Gasteiger partial charge in [-0.15, -0.1) is 0 Å². The van der Waals surface area contributed by atoms with Crippen LogP contribution in [0.4, 0.5) is 5.69 Å². The van der Waals surface area contributed by atoms with E-state index in [1.165, 1.54) is 19.5 Å². The molecule has 0 unspecified atom stereocenters. The smallest absolute Gasteiger partial charge is 0.316 e. The highest BCUT2D eigenvalue weighted by molar-refractivity contribution is 7.93. The second-order valence-electron chi connectivity index (χ2n) is 3.30. The molecular weight excluding hydrogens is 218 g/mol. The molecule has 1 aromatic heterocycles. The average molecular weight is 229 g/mol. The van der Waals surface area contributed by atoms with E-state index in [1.54, 1.807) is 0 Å². The number of nitrogens with zero attached hydrogens (tertiary/aromatic N) is 2. The van der Waals surface area contributed by atoms with E-state index >= 15 is 0 Å². The van der Waals surface area contributed by atoms with Gasteiger partial charge in [0.05, 0.1) is 30.4 Å². The zero-order valence-corrected chi connectivity index (χ0v) is 8.99. The third-order valence-electron chi connectivity index (χ3n) is 2.03. The lowest BCUT2D eigenvalue weighted by Gasteiger charge is -2.05.